The number of fused-ring (bicyclic) bond motifs is 1. The van der Waals surface area contributed by atoms with Crippen molar-refractivity contribution in [2.24, 2.45) is 0 Å². The first-order valence-electron chi connectivity index (χ1n) is 10.1. The monoisotopic (exact) mass is 519 g/mol. The molecule has 170 valence electrons. The number of para-hydroxylation sites is 1. The Hall–Kier alpha value is -2.52. The van der Waals surface area contributed by atoms with Crippen molar-refractivity contribution in [3.63, 3.8) is 0 Å². The minimum absolute atomic E-state index is 0.0571. The molecule has 4 aromatic rings. The van der Waals surface area contributed by atoms with Gasteiger partial charge in [0.05, 0.1) is 26.9 Å². The summed E-state index contributed by atoms with van der Waals surface area (Å²) in [5.74, 6) is -0.358. The fourth-order valence-corrected chi connectivity index (χ4v) is 5.98. The van der Waals surface area contributed by atoms with Crippen molar-refractivity contribution in [3.05, 3.63) is 82.6 Å². The Kier molecular flexibility index (Phi) is 7.29. The highest BCUT2D eigenvalue weighted by atomic mass is 35.5. The molecule has 1 amide bonds. The Labute approximate surface area is 205 Å². The van der Waals surface area contributed by atoms with Crippen LogP contribution in [0.3, 0.4) is 0 Å². The smallest absolute Gasteiger partial charge is 0.229 e. The van der Waals surface area contributed by atoms with E-state index in [0.717, 1.165) is 10.3 Å². The summed E-state index contributed by atoms with van der Waals surface area (Å²) in [6.07, 6.45) is 3.56. The number of pyridine rings is 1. The summed E-state index contributed by atoms with van der Waals surface area (Å²) in [6, 6.07) is 15.2. The molecule has 0 saturated heterocycles. The molecule has 0 spiro atoms. The number of benzene rings is 2. The lowest BCUT2D eigenvalue weighted by atomic mass is 10.2. The summed E-state index contributed by atoms with van der Waals surface area (Å²) >= 11 is 13.5. The molecule has 2 aromatic carbocycles. The van der Waals surface area contributed by atoms with Crippen LogP contribution in [-0.2, 0) is 21.2 Å². The molecule has 0 radical (unpaired) electrons. The molecule has 0 unspecified atom stereocenters. The van der Waals surface area contributed by atoms with Crippen LogP contribution in [0.1, 0.15) is 18.4 Å². The molecule has 0 saturated carbocycles. The minimum atomic E-state index is -3.52. The van der Waals surface area contributed by atoms with E-state index in [1.54, 1.807) is 23.4 Å². The van der Waals surface area contributed by atoms with Gasteiger partial charge < -0.3 is 0 Å². The van der Waals surface area contributed by atoms with E-state index in [4.69, 9.17) is 23.2 Å². The van der Waals surface area contributed by atoms with Crippen LogP contribution >= 0.6 is 34.5 Å². The highest BCUT2D eigenvalue weighted by Gasteiger charge is 2.22. The number of hydrogen-bond acceptors (Lipinski definition) is 6. The first kappa shape index (κ1) is 23.6. The van der Waals surface area contributed by atoms with E-state index in [9.17, 15) is 13.2 Å². The van der Waals surface area contributed by atoms with Crippen LogP contribution in [0.15, 0.2) is 71.9 Å². The van der Waals surface area contributed by atoms with Crippen LogP contribution in [0.5, 0.6) is 0 Å². The fourth-order valence-electron chi connectivity index (χ4n) is 3.26. The largest absolute Gasteiger partial charge is 0.284 e. The number of carbonyl (C=O) groups is 1. The van der Waals surface area contributed by atoms with E-state index in [1.807, 2.05) is 24.3 Å². The molecule has 4 rings (SSSR count). The Balaban J connectivity index is 1.53. The number of halogens is 2. The molecule has 2 aromatic heterocycles. The van der Waals surface area contributed by atoms with Crippen LogP contribution < -0.4 is 4.90 Å². The molecule has 0 aliphatic rings. The summed E-state index contributed by atoms with van der Waals surface area (Å²) in [7, 11) is -3.52. The highest BCUT2D eigenvalue weighted by molar-refractivity contribution is 7.91. The van der Waals surface area contributed by atoms with Crippen molar-refractivity contribution in [1.82, 2.24) is 9.97 Å². The summed E-state index contributed by atoms with van der Waals surface area (Å²) in [5, 5.41) is 1.49. The molecule has 0 aliphatic heterocycles. The topological polar surface area (TPSA) is 80.2 Å². The molecule has 33 heavy (non-hydrogen) atoms. The Morgan fingerprint density at radius 1 is 1.00 bits per heavy atom. The van der Waals surface area contributed by atoms with Gasteiger partial charge >= 0.3 is 0 Å². The second-order valence-corrected chi connectivity index (χ2v) is 11.3. The predicted molar refractivity (Wildman–Crippen MR) is 133 cm³/mol. The number of rotatable bonds is 8. The van der Waals surface area contributed by atoms with Crippen LogP contribution in [-0.4, -0.2) is 30.0 Å². The zero-order chi connectivity index (χ0) is 23.4. The normalized spacial score (nSPS) is 11.6. The van der Waals surface area contributed by atoms with Gasteiger partial charge in [-0.05, 0) is 60.5 Å². The average molecular weight is 520 g/mol. The van der Waals surface area contributed by atoms with E-state index >= 15 is 0 Å². The molecule has 6 nitrogen and oxygen atoms in total. The second kappa shape index (κ2) is 10.2. The van der Waals surface area contributed by atoms with Crippen LogP contribution in [0, 0.1) is 0 Å². The van der Waals surface area contributed by atoms with Gasteiger partial charge in [-0.1, -0.05) is 40.6 Å². The van der Waals surface area contributed by atoms with Crippen LogP contribution in [0.2, 0.25) is 10.0 Å². The number of carbonyl (C=O) groups excluding carboxylic acids is 1. The van der Waals surface area contributed by atoms with Crippen molar-refractivity contribution in [2.45, 2.75) is 24.3 Å². The predicted octanol–water partition coefficient (Wildman–Crippen LogP) is 5.79. The molecule has 0 N–H and O–H groups in total. The maximum atomic E-state index is 13.2. The number of hydrogen-bond donors (Lipinski definition) is 0. The molecular formula is C23H19Cl2N3O3S2. The second-order valence-electron chi connectivity index (χ2n) is 7.29. The van der Waals surface area contributed by atoms with Crippen LogP contribution in [0.4, 0.5) is 5.13 Å². The van der Waals surface area contributed by atoms with Gasteiger partial charge in [0.25, 0.3) is 0 Å². The molecule has 0 atom stereocenters. The lowest BCUT2D eigenvalue weighted by molar-refractivity contribution is -0.118. The molecular weight excluding hydrogens is 501 g/mol. The third-order valence-corrected chi connectivity index (χ3v) is 8.37. The minimum Gasteiger partial charge on any atom is -0.284 e. The zero-order valence-electron chi connectivity index (χ0n) is 17.3. The van der Waals surface area contributed by atoms with Gasteiger partial charge in [0.2, 0.25) is 5.91 Å². The van der Waals surface area contributed by atoms with Gasteiger partial charge in [-0.2, -0.15) is 0 Å². The maximum absolute atomic E-state index is 13.2. The first-order chi connectivity index (χ1) is 15.8. The Morgan fingerprint density at radius 3 is 2.42 bits per heavy atom. The molecule has 10 heteroatoms. The van der Waals surface area contributed by atoms with Crippen molar-refractivity contribution in [3.8, 4) is 0 Å². The SMILES string of the molecule is O=C(CCCS(=O)(=O)c1ccc(Cl)cc1)N(Cc1ccncc1)c1nc2c(Cl)cccc2s1. The zero-order valence-corrected chi connectivity index (χ0v) is 20.5. The van der Waals surface area contributed by atoms with Crippen LogP contribution in [0.25, 0.3) is 10.2 Å². The van der Waals surface area contributed by atoms with Gasteiger partial charge in [-0.15, -0.1) is 0 Å². The third-order valence-electron chi connectivity index (χ3n) is 4.96. The summed E-state index contributed by atoms with van der Waals surface area (Å²) < 4.78 is 26.1. The van der Waals surface area contributed by atoms with Gasteiger partial charge in [0.1, 0.15) is 5.52 Å². The van der Waals surface area contributed by atoms with Gasteiger partial charge in [-0.3, -0.25) is 14.7 Å². The molecule has 0 fully saturated rings. The van der Waals surface area contributed by atoms with E-state index in [0.29, 0.717) is 27.2 Å². The van der Waals surface area contributed by atoms with Gasteiger partial charge in [-0.25, -0.2) is 13.4 Å². The summed E-state index contributed by atoms with van der Waals surface area (Å²) in [5.41, 5.74) is 1.52. The lowest BCUT2D eigenvalue weighted by Gasteiger charge is -2.20. The molecule has 2 heterocycles. The maximum Gasteiger partial charge on any atom is 0.229 e. The Bertz CT molecular complexity index is 1380. The third kappa shape index (κ3) is 5.70. The Morgan fingerprint density at radius 2 is 1.73 bits per heavy atom. The number of thiazole rings is 1. The summed E-state index contributed by atoms with van der Waals surface area (Å²) in [6.45, 7) is 0.294. The van der Waals surface area contributed by atoms with E-state index < -0.39 is 9.84 Å². The number of aromatic nitrogens is 2. The lowest BCUT2D eigenvalue weighted by Crippen LogP contribution is -2.30. The van der Waals surface area contributed by atoms with Gasteiger partial charge in [0, 0.05) is 23.8 Å². The van der Waals surface area contributed by atoms with Crippen molar-refractivity contribution >= 4 is 65.6 Å². The van der Waals surface area contributed by atoms with Crippen molar-refractivity contribution in [2.75, 3.05) is 10.7 Å². The first-order valence-corrected chi connectivity index (χ1v) is 13.3. The van der Waals surface area contributed by atoms with Crippen molar-refractivity contribution in [1.29, 1.82) is 0 Å². The molecule has 0 bridgehead atoms. The quantitative estimate of drug-likeness (QED) is 0.294. The number of nitrogens with zero attached hydrogens (tertiary/aromatic N) is 3. The van der Waals surface area contributed by atoms with Gasteiger partial charge in [0.15, 0.2) is 15.0 Å². The number of amides is 1. The van der Waals surface area contributed by atoms with Crippen molar-refractivity contribution < 1.29 is 13.2 Å². The number of anilines is 1. The molecule has 0 aliphatic carbocycles. The van der Waals surface area contributed by atoms with E-state index in [2.05, 4.69) is 9.97 Å². The van der Waals surface area contributed by atoms with E-state index in [-0.39, 0.29) is 29.4 Å². The average Bonchev–Trinajstić information content (AvgIpc) is 3.23. The number of sulfone groups is 1. The highest BCUT2D eigenvalue weighted by Crippen LogP contribution is 2.34. The summed E-state index contributed by atoms with van der Waals surface area (Å²) in [4.78, 5) is 23.6. The standard InChI is InChI=1S/C23H19Cl2N3O3S2/c24-17-6-8-18(9-7-17)33(30,31)14-2-5-21(29)28(15-16-10-12-26-13-11-16)23-27-22-19(25)3-1-4-20(22)32-23/h1,3-4,6-13H,2,5,14-15H2. The fraction of sp³-hybridized carbons (Fsp3) is 0.174. The van der Waals surface area contributed by atoms with E-state index in [1.165, 1.54) is 35.6 Å².